The van der Waals surface area contributed by atoms with E-state index in [0.29, 0.717) is 19.3 Å². The van der Waals surface area contributed by atoms with Gasteiger partial charge in [-0.2, -0.15) is 0 Å². The molecule has 0 aromatic rings. The molecule has 0 aromatic heterocycles. The predicted molar refractivity (Wildman–Crippen MR) is 279 cm³/mol. The maximum Gasteiger partial charge on any atom is 0.306 e. The summed E-state index contributed by atoms with van der Waals surface area (Å²) in [5.74, 6) is -0.918. The highest BCUT2D eigenvalue weighted by Gasteiger charge is 2.19. The fourth-order valence-corrected chi connectivity index (χ4v) is 7.57. The molecule has 0 heterocycles. The lowest BCUT2D eigenvalue weighted by atomic mass is 10.0. The minimum absolute atomic E-state index is 0.0891. The summed E-state index contributed by atoms with van der Waals surface area (Å²) in [6.45, 7) is 6.47. The molecule has 0 aliphatic carbocycles. The third kappa shape index (κ3) is 51.7. The Morgan fingerprint density at radius 2 is 0.615 bits per heavy atom. The summed E-state index contributed by atoms with van der Waals surface area (Å²) in [6, 6.07) is 0. The van der Waals surface area contributed by atoms with Crippen molar-refractivity contribution in [1.29, 1.82) is 0 Å². The number of carbonyl (C=O) groups excluding carboxylic acids is 3. The molecule has 0 saturated carbocycles. The van der Waals surface area contributed by atoms with Crippen molar-refractivity contribution in [1.82, 2.24) is 0 Å². The second-order valence-corrected chi connectivity index (χ2v) is 18.1. The molecule has 6 nitrogen and oxygen atoms in total. The van der Waals surface area contributed by atoms with Crippen LogP contribution >= 0.6 is 0 Å². The maximum absolute atomic E-state index is 12.8. The van der Waals surface area contributed by atoms with Crippen molar-refractivity contribution in [3.63, 3.8) is 0 Å². The number of hydrogen-bond acceptors (Lipinski definition) is 6. The zero-order chi connectivity index (χ0) is 47.2. The van der Waals surface area contributed by atoms with Crippen LogP contribution in [0.4, 0.5) is 0 Å². The van der Waals surface area contributed by atoms with Crippen molar-refractivity contribution in [2.45, 2.75) is 271 Å². The zero-order valence-corrected chi connectivity index (χ0v) is 42.7. The number of allylic oxidation sites excluding steroid dienone is 12. The van der Waals surface area contributed by atoms with Gasteiger partial charge in [0.05, 0.1) is 0 Å². The number of esters is 3. The molecule has 0 bridgehead atoms. The molecule has 0 spiro atoms. The van der Waals surface area contributed by atoms with E-state index in [2.05, 4.69) is 93.7 Å². The lowest BCUT2D eigenvalue weighted by molar-refractivity contribution is -0.167. The van der Waals surface area contributed by atoms with Gasteiger partial charge >= 0.3 is 17.9 Å². The third-order valence-corrected chi connectivity index (χ3v) is 11.7. The molecule has 1 atom stereocenters. The molecule has 0 N–H and O–H groups in total. The van der Waals surface area contributed by atoms with Crippen molar-refractivity contribution in [3.05, 3.63) is 72.9 Å². The molecule has 374 valence electrons. The minimum Gasteiger partial charge on any atom is -0.462 e. The van der Waals surface area contributed by atoms with E-state index in [4.69, 9.17) is 14.2 Å². The first-order chi connectivity index (χ1) is 32.0. The quantitative estimate of drug-likeness (QED) is 0.0262. The average Bonchev–Trinajstić information content (AvgIpc) is 3.30. The maximum atomic E-state index is 12.8. The second-order valence-electron chi connectivity index (χ2n) is 18.1. The van der Waals surface area contributed by atoms with Crippen LogP contribution in [0.25, 0.3) is 0 Å². The SMILES string of the molecule is CC/C=C\C/C=C\C/C=C\C/C=C\CCCCCCC(=O)OCC(COC(=O)CCCCCCC/C=C\C/C=C\CCCC)OC(=O)CCCCCCCCCCCCCCCCCC. The Morgan fingerprint density at radius 3 is 0.985 bits per heavy atom. The monoisotopic (exact) mass is 907 g/mol. The Balaban J connectivity index is 4.43. The van der Waals surface area contributed by atoms with Crippen LogP contribution < -0.4 is 0 Å². The van der Waals surface area contributed by atoms with E-state index in [-0.39, 0.29) is 31.1 Å². The Hall–Kier alpha value is -3.15. The van der Waals surface area contributed by atoms with Crippen LogP contribution in [0.15, 0.2) is 72.9 Å². The van der Waals surface area contributed by atoms with Gasteiger partial charge in [-0.1, -0.05) is 235 Å². The lowest BCUT2D eigenvalue weighted by Gasteiger charge is -2.18. The summed E-state index contributed by atoms with van der Waals surface area (Å²) < 4.78 is 16.8. The van der Waals surface area contributed by atoms with Crippen LogP contribution in [0.2, 0.25) is 0 Å². The molecule has 1 unspecified atom stereocenters. The summed E-state index contributed by atoms with van der Waals surface area (Å²) in [5, 5.41) is 0. The Kier molecular flexibility index (Phi) is 50.9. The van der Waals surface area contributed by atoms with Gasteiger partial charge in [0.25, 0.3) is 0 Å². The fourth-order valence-electron chi connectivity index (χ4n) is 7.57. The van der Waals surface area contributed by atoms with E-state index in [0.717, 1.165) is 116 Å². The molecule has 0 aliphatic heterocycles. The Bertz CT molecular complexity index is 1230. The summed E-state index contributed by atoms with van der Waals surface area (Å²) in [7, 11) is 0. The van der Waals surface area contributed by atoms with Crippen LogP contribution in [-0.2, 0) is 28.6 Å². The van der Waals surface area contributed by atoms with Crippen LogP contribution in [0.5, 0.6) is 0 Å². The molecular formula is C59H102O6. The molecule has 0 saturated heterocycles. The highest BCUT2D eigenvalue weighted by molar-refractivity contribution is 5.71. The number of rotatable bonds is 49. The van der Waals surface area contributed by atoms with Crippen molar-refractivity contribution < 1.29 is 28.6 Å². The van der Waals surface area contributed by atoms with Crippen molar-refractivity contribution in [3.8, 4) is 0 Å². The number of hydrogen-bond donors (Lipinski definition) is 0. The summed E-state index contributed by atoms with van der Waals surface area (Å²) >= 11 is 0. The van der Waals surface area contributed by atoms with E-state index in [1.807, 2.05) is 0 Å². The van der Waals surface area contributed by atoms with Gasteiger partial charge in [0, 0.05) is 19.3 Å². The molecule has 0 aliphatic rings. The van der Waals surface area contributed by atoms with Gasteiger partial charge in [-0.15, -0.1) is 0 Å². The highest BCUT2D eigenvalue weighted by atomic mass is 16.6. The Morgan fingerprint density at radius 1 is 0.323 bits per heavy atom. The molecule has 65 heavy (non-hydrogen) atoms. The normalized spacial score (nSPS) is 12.6. The van der Waals surface area contributed by atoms with Crippen LogP contribution in [0, 0.1) is 0 Å². The van der Waals surface area contributed by atoms with Gasteiger partial charge in [-0.3, -0.25) is 14.4 Å². The van der Waals surface area contributed by atoms with E-state index >= 15 is 0 Å². The van der Waals surface area contributed by atoms with E-state index in [1.54, 1.807) is 0 Å². The molecule has 0 rings (SSSR count). The van der Waals surface area contributed by atoms with E-state index in [1.165, 1.54) is 109 Å². The van der Waals surface area contributed by atoms with Crippen LogP contribution in [-0.4, -0.2) is 37.2 Å². The van der Waals surface area contributed by atoms with Crippen LogP contribution in [0.1, 0.15) is 265 Å². The molecular weight excluding hydrogens is 805 g/mol. The third-order valence-electron chi connectivity index (χ3n) is 11.7. The van der Waals surface area contributed by atoms with Crippen molar-refractivity contribution in [2.24, 2.45) is 0 Å². The van der Waals surface area contributed by atoms with Gasteiger partial charge < -0.3 is 14.2 Å². The average molecular weight is 907 g/mol. The smallest absolute Gasteiger partial charge is 0.306 e. The van der Waals surface area contributed by atoms with Gasteiger partial charge in [0.15, 0.2) is 6.10 Å². The molecule has 6 heteroatoms. The topological polar surface area (TPSA) is 78.9 Å². The van der Waals surface area contributed by atoms with Gasteiger partial charge in [-0.25, -0.2) is 0 Å². The highest BCUT2D eigenvalue weighted by Crippen LogP contribution is 2.15. The van der Waals surface area contributed by atoms with Crippen molar-refractivity contribution >= 4 is 17.9 Å². The molecule has 0 aromatic carbocycles. The predicted octanol–water partition coefficient (Wildman–Crippen LogP) is 18.2. The van der Waals surface area contributed by atoms with Crippen LogP contribution in [0.3, 0.4) is 0 Å². The number of carbonyl (C=O) groups is 3. The van der Waals surface area contributed by atoms with Crippen molar-refractivity contribution in [2.75, 3.05) is 13.2 Å². The van der Waals surface area contributed by atoms with Gasteiger partial charge in [0.1, 0.15) is 13.2 Å². The molecule has 0 radical (unpaired) electrons. The Labute approximate surface area is 402 Å². The lowest BCUT2D eigenvalue weighted by Crippen LogP contribution is -2.30. The standard InChI is InChI=1S/C59H102O6/c1-4-7-10-13-16-19-22-25-28-30-32-34-37-40-43-46-49-52-58(61)64-55-56(54-63-57(60)51-48-45-42-39-36-33-27-24-21-18-15-12-9-6-3)65-59(62)53-50-47-44-41-38-35-31-29-26-23-20-17-14-11-8-5-2/h7,10,15-16,18-19,24-25,27-28,32,34,56H,4-6,8-9,11-14,17,20-23,26,29-31,33,35-55H2,1-3H3/b10-7-,18-15-,19-16-,27-24-,28-25-,34-32-. The fraction of sp³-hybridized carbons (Fsp3) is 0.746. The minimum atomic E-state index is -0.789. The molecule has 0 amide bonds. The molecule has 0 fully saturated rings. The number of unbranched alkanes of at least 4 members (excludes halogenated alkanes) is 26. The van der Waals surface area contributed by atoms with Gasteiger partial charge in [0.2, 0.25) is 0 Å². The first-order valence-corrected chi connectivity index (χ1v) is 27.4. The van der Waals surface area contributed by atoms with E-state index in [9.17, 15) is 14.4 Å². The summed E-state index contributed by atoms with van der Waals surface area (Å²) in [6.07, 6.45) is 67.4. The summed E-state index contributed by atoms with van der Waals surface area (Å²) in [4.78, 5) is 38.1. The number of ether oxygens (including phenoxy) is 3. The largest absolute Gasteiger partial charge is 0.462 e. The summed E-state index contributed by atoms with van der Waals surface area (Å²) in [5.41, 5.74) is 0. The van der Waals surface area contributed by atoms with E-state index < -0.39 is 6.10 Å². The van der Waals surface area contributed by atoms with Gasteiger partial charge in [-0.05, 0) is 83.5 Å². The second kappa shape index (κ2) is 53.5. The first kappa shape index (κ1) is 61.9. The zero-order valence-electron chi connectivity index (χ0n) is 42.7. The first-order valence-electron chi connectivity index (χ1n) is 27.4.